The lowest BCUT2D eigenvalue weighted by molar-refractivity contribution is -0.162. The van der Waals surface area contributed by atoms with Crippen LogP contribution in [0.15, 0.2) is 35.1 Å². The molecule has 1 aromatic carbocycles. The first kappa shape index (κ1) is 25.3. The summed E-state index contributed by atoms with van der Waals surface area (Å²) in [6.45, 7) is 4.71. The standard InChI is InChI=1S/C25H30N2O7S/c1-10(35)25-9-23(2)15(16(29)13-11(19(23)31)7-6-8-12(13)28)21(33)24(25,3)20(32)14(22(26)34)17(30)18(25)27(4)5/h6-8,10,18-19,28-29,31-32,35H,9H2,1-5H3,(H2,26,34)/t10-,18+,19+,23-,24-,25+/m0/s1. The highest BCUT2D eigenvalue weighted by Gasteiger charge is 2.74. The Labute approximate surface area is 208 Å². The number of phenolic OH excluding ortho intramolecular Hbond substituents is 1. The second-order valence-electron chi connectivity index (χ2n) is 10.5. The third-order valence-electron chi connectivity index (χ3n) is 8.49. The van der Waals surface area contributed by atoms with E-state index < -0.39 is 68.2 Å². The van der Waals surface area contributed by atoms with Crippen LogP contribution in [0.5, 0.6) is 5.75 Å². The summed E-state index contributed by atoms with van der Waals surface area (Å²) in [7, 11) is 3.23. The summed E-state index contributed by atoms with van der Waals surface area (Å²) < 4.78 is 0. The van der Waals surface area contributed by atoms with Gasteiger partial charge in [-0.1, -0.05) is 26.0 Å². The van der Waals surface area contributed by atoms with Crippen molar-refractivity contribution >= 4 is 35.9 Å². The Morgan fingerprint density at radius 2 is 1.80 bits per heavy atom. The van der Waals surface area contributed by atoms with E-state index in [0.29, 0.717) is 0 Å². The number of allylic oxidation sites excluding steroid dienone is 1. The SMILES string of the molecule is C[C@H](S)[C@@]12C[C@@]3(C)C(=C(O)c4c(O)cccc4[C@H]3O)C(=O)[C@]1(C)C(O)=C(C(N)=O)C(=O)[C@H]2N(C)C. The van der Waals surface area contributed by atoms with Gasteiger partial charge in [-0.15, -0.1) is 0 Å². The van der Waals surface area contributed by atoms with Gasteiger partial charge in [-0.25, -0.2) is 0 Å². The number of aliphatic hydroxyl groups excluding tert-OH is 3. The molecule has 6 N–H and O–H groups in total. The molecule has 0 saturated heterocycles. The molecule has 1 aromatic rings. The molecule has 10 heteroatoms. The number of ketones is 2. The number of nitrogens with zero attached hydrogens (tertiary/aromatic N) is 1. The second-order valence-corrected chi connectivity index (χ2v) is 11.2. The van der Waals surface area contributed by atoms with Crippen LogP contribution in [0.25, 0.3) is 5.76 Å². The number of primary amides is 1. The lowest BCUT2D eigenvalue weighted by Gasteiger charge is -2.64. The zero-order valence-corrected chi connectivity index (χ0v) is 21.1. The van der Waals surface area contributed by atoms with Gasteiger partial charge in [0, 0.05) is 21.7 Å². The van der Waals surface area contributed by atoms with E-state index in [1.807, 2.05) is 0 Å². The number of thiol groups is 1. The Morgan fingerprint density at radius 1 is 1.20 bits per heavy atom. The van der Waals surface area contributed by atoms with E-state index in [1.54, 1.807) is 38.9 Å². The number of aliphatic hydroxyl groups is 3. The summed E-state index contributed by atoms with van der Waals surface area (Å²) in [4.78, 5) is 41.9. The highest BCUT2D eigenvalue weighted by Crippen LogP contribution is 2.70. The Kier molecular flexibility index (Phi) is 5.48. The molecule has 9 nitrogen and oxygen atoms in total. The summed E-state index contributed by atoms with van der Waals surface area (Å²) >= 11 is 4.70. The van der Waals surface area contributed by atoms with Gasteiger partial charge in [-0.2, -0.15) is 12.6 Å². The van der Waals surface area contributed by atoms with Crippen LogP contribution in [0.2, 0.25) is 0 Å². The molecule has 0 aliphatic heterocycles. The molecule has 188 valence electrons. The Morgan fingerprint density at radius 3 is 2.31 bits per heavy atom. The molecule has 0 radical (unpaired) electrons. The summed E-state index contributed by atoms with van der Waals surface area (Å²) in [5.41, 5.74) is 0.00638. The lowest BCUT2D eigenvalue weighted by atomic mass is 9.40. The van der Waals surface area contributed by atoms with Gasteiger partial charge in [0.2, 0.25) is 0 Å². The molecule has 35 heavy (non-hydrogen) atoms. The maximum atomic E-state index is 14.4. The van der Waals surface area contributed by atoms with Crippen LogP contribution in [-0.4, -0.2) is 68.2 Å². The number of hydrogen-bond acceptors (Lipinski definition) is 9. The minimum atomic E-state index is -1.91. The van der Waals surface area contributed by atoms with E-state index in [2.05, 4.69) is 0 Å². The maximum Gasteiger partial charge on any atom is 0.255 e. The largest absolute Gasteiger partial charge is 0.510 e. The molecule has 0 aromatic heterocycles. The molecule has 0 unspecified atom stereocenters. The minimum Gasteiger partial charge on any atom is -0.510 e. The number of fused-ring (bicyclic) bond motifs is 3. The number of nitrogens with two attached hydrogens (primary N) is 1. The molecule has 3 aliphatic rings. The highest BCUT2D eigenvalue weighted by molar-refractivity contribution is 7.81. The summed E-state index contributed by atoms with van der Waals surface area (Å²) in [6.07, 6.45) is -1.40. The number of likely N-dealkylation sites (N-methyl/N-ethyl adjacent to an activating group) is 1. The smallest absolute Gasteiger partial charge is 0.255 e. The average molecular weight is 503 g/mol. The second kappa shape index (κ2) is 7.59. The number of carbonyl (C=O) groups excluding carboxylic acids is 3. The van der Waals surface area contributed by atoms with E-state index in [9.17, 15) is 34.8 Å². The quantitative estimate of drug-likeness (QED) is 0.269. The van der Waals surface area contributed by atoms with Crippen molar-refractivity contribution in [3.8, 4) is 5.75 Å². The molecular formula is C25H30N2O7S. The third-order valence-corrected chi connectivity index (χ3v) is 8.95. The molecular weight excluding hydrogens is 472 g/mol. The number of amides is 1. The van der Waals surface area contributed by atoms with Gasteiger partial charge in [0.1, 0.15) is 22.8 Å². The first-order valence-corrected chi connectivity index (χ1v) is 11.7. The van der Waals surface area contributed by atoms with Gasteiger partial charge in [0.15, 0.2) is 11.6 Å². The number of benzene rings is 1. The van der Waals surface area contributed by atoms with Gasteiger partial charge < -0.3 is 26.2 Å². The topological polar surface area (TPSA) is 161 Å². The first-order chi connectivity index (χ1) is 16.1. The van der Waals surface area contributed by atoms with E-state index >= 15 is 0 Å². The Balaban J connectivity index is 2.19. The van der Waals surface area contributed by atoms with Crippen LogP contribution in [0.1, 0.15) is 44.4 Å². The summed E-state index contributed by atoms with van der Waals surface area (Å²) in [5, 5.41) is 44.0. The van der Waals surface area contributed by atoms with Gasteiger partial charge in [0.25, 0.3) is 5.91 Å². The molecule has 1 saturated carbocycles. The number of aromatic hydroxyl groups is 1. The van der Waals surface area contributed by atoms with Crippen molar-refractivity contribution < 1.29 is 34.8 Å². The van der Waals surface area contributed by atoms with Crippen molar-refractivity contribution in [2.45, 2.75) is 44.6 Å². The summed E-state index contributed by atoms with van der Waals surface area (Å²) in [5.74, 6) is -4.33. The number of phenols is 1. The van der Waals surface area contributed by atoms with Gasteiger partial charge in [-0.3, -0.25) is 19.3 Å². The van der Waals surface area contributed by atoms with Crippen molar-refractivity contribution in [3.63, 3.8) is 0 Å². The molecule has 0 heterocycles. The maximum absolute atomic E-state index is 14.4. The average Bonchev–Trinajstić information content (AvgIpc) is 2.74. The lowest BCUT2D eigenvalue weighted by Crippen LogP contribution is -2.72. The monoisotopic (exact) mass is 502 g/mol. The molecule has 3 aliphatic carbocycles. The molecule has 1 amide bonds. The summed E-state index contributed by atoms with van der Waals surface area (Å²) in [6, 6.07) is 3.28. The van der Waals surface area contributed by atoms with Crippen molar-refractivity contribution in [2.24, 2.45) is 22.0 Å². The van der Waals surface area contributed by atoms with E-state index in [-0.39, 0.29) is 28.9 Å². The normalized spacial score (nSPS) is 35.5. The molecule has 4 rings (SSSR count). The third kappa shape index (κ3) is 2.75. The van der Waals surface area contributed by atoms with Gasteiger partial charge >= 0.3 is 0 Å². The predicted octanol–water partition coefficient (Wildman–Crippen LogP) is 1.81. The van der Waals surface area contributed by atoms with Crippen LogP contribution in [0.4, 0.5) is 0 Å². The van der Waals surface area contributed by atoms with E-state index in [4.69, 9.17) is 18.4 Å². The zero-order chi connectivity index (χ0) is 26.4. The van der Waals surface area contributed by atoms with E-state index in [0.717, 1.165) is 0 Å². The fraction of sp³-hybridized carbons (Fsp3) is 0.480. The number of carbonyl (C=O) groups is 3. The van der Waals surface area contributed by atoms with Crippen molar-refractivity contribution in [1.29, 1.82) is 0 Å². The fourth-order valence-corrected chi connectivity index (χ4v) is 7.37. The fourth-order valence-electron chi connectivity index (χ4n) is 6.88. The van der Waals surface area contributed by atoms with Crippen LogP contribution in [0.3, 0.4) is 0 Å². The predicted molar refractivity (Wildman–Crippen MR) is 131 cm³/mol. The van der Waals surface area contributed by atoms with Gasteiger partial charge in [0.05, 0.1) is 23.1 Å². The van der Waals surface area contributed by atoms with Crippen LogP contribution in [0, 0.1) is 16.2 Å². The minimum absolute atomic E-state index is 0.0623. The number of rotatable bonds is 3. The van der Waals surface area contributed by atoms with Crippen molar-refractivity contribution in [3.05, 3.63) is 46.2 Å². The highest BCUT2D eigenvalue weighted by atomic mass is 32.1. The number of hydrogen-bond donors (Lipinski definition) is 6. The van der Waals surface area contributed by atoms with Crippen molar-refractivity contribution in [2.75, 3.05) is 14.1 Å². The Hall–Kier alpha value is -2.82. The number of Topliss-reactive ketones (excluding diaryl/α,β-unsaturated/α-hetero) is 2. The first-order valence-electron chi connectivity index (χ1n) is 11.2. The van der Waals surface area contributed by atoms with Crippen LogP contribution >= 0.6 is 12.6 Å². The van der Waals surface area contributed by atoms with E-state index in [1.165, 1.54) is 19.1 Å². The zero-order valence-electron chi connectivity index (χ0n) is 20.2. The molecule has 0 spiro atoms. The molecule has 1 fully saturated rings. The molecule has 6 atom stereocenters. The Bertz CT molecular complexity index is 1250. The van der Waals surface area contributed by atoms with Crippen LogP contribution < -0.4 is 5.73 Å². The van der Waals surface area contributed by atoms with Crippen LogP contribution in [-0.2, 0) is 14.4 Å². The molecule has 0 bridgehead atoms. The van der Waals surface area contributed by atoms with Crippen molar-refractivity contribution in [1.82, 2.24) is 4.90 Å². The van der Waals surface area contributed by atoms with Gasteiger partial charge in [-0.05, 0) is 39.1 Å².